The van der Waals surface area contributed by atoms with Crippen LogP contribution in [0.4, 0.5) is 0 Å². The number of nitrogens with one attached hydrogen (secondary N) is 4. The molecule has 1 fully saturated rings. The predicted molar refractivity (Wildman–Crippen MR) is 203 cm³/mol. The van der Waals surface area contributed by atoms with Gasteiger partial charge in [0, 0.05) is 48.6 Å². The number of benzene rings is 3. The van der Waals surface area contributed by atoms with Gasteiger partial charge in [-0.25, -0.2) is 0 Å². The number of aromatic nitrogens is 1. The van der Waals surface area contributed by atoms with E-state index >= 15 is 0 Å². The first-order valence-electron chi connectivity index (χ1n) is 18.2. The largest absolute Gasteiger partial charge is 0.505 e. The van der Waals surface area contributed by atoms with Crippen LogP contribution < -0.4 is 26.0 Å². The van der Waals surface area contributed by atoms with Crippen molar-refractivity contribution in [2.75, 3.05) is 19.7 Å². The maximum absolute atomic E-state index is 13.2. The average molecular weight is 783 g/mol. The fraction of sp³-hybridized carbons (Fsp3) is 0.300. The molecule has 1 aromatic heterocycles. The molecular weight excluding hydrogens is 744 g/mol. The average Bonchev–Trinajstić information content (AvgIpc) is 3.44. The number of pyridine rings is 1. The van der Waals surface area contributed by atoms with E-state index in [2.05, 4.69) is 26.3 Å². The minimum Gasteiger partial charge on any atom is -0.505 e. The van der Waals surface area contributed by atoms with E-state index in [1.807, 2.05) is 6.92 Å². The second-order valence-corrected chi connectivity index (χ2v) is 13.7. The molecule has 2 unspecified atom stereocenters. The molecule has 56 heavy (non-hydrogen) atoms. The van der Waals surface area contributed by atoms with Crippen LogP contribution in [-0.2, 0) is 19.2 Å². The topological polar surface area (TPSA) is 213 Å². The van der Waals surface area contributed by atoms with Crippen LogP contribution in [0.2, 0.25) is 5.02 Å². The minimum absolute atomic E-state index is 0.00989. The molecular formula is C40H39ClN6O9. The number of carbonyl (C=O) groups is 7. The Morgan fingerprint density at radius 1 is 0.982 bits per heavy atom. The third-order valence-corrected chi connectivity index (χ3v) is 9.73. The number of piperidine rings is 1. The Kier molecular flexibility index (Phi) is 12.2. The van der Waals surface area contributed by atoms with Gasteiger partial charge in [0.1, 0.15) is 23.1 Å². The fourth-order valence-corrected chi connectivity index (χ4v) is 6.94. The summed E-state index contributed by atoms with van der Waals surface area (Å²) in [7, 11) is 0. The van der Waals surface area contributed by atoms with Crippen molar-refractivity contribution in [3.8, 4) is 11.5 Å². The number of ether oxygens (including phenoxy) is 1. The molecule has 2 atom stereocenters. The van der Waals surface area contributed by atoms with Gasteiger partial charge in [-0.1, -0.05) is 36.7 Å². The molecule has 7 amide bonds. The van der Waals surface area contributed by atoms with Crippen LogP contribution in [0.15, 0.2) is 66.9 Å². The Morgan fingerprint density at radius 2 is 1.75 bits per heavy atom. The summed E-state index contributed by atoms with van der Waals surface area (Å²) in [6, 6.07) is 14.2. The van der Waals surface area contributed by atoms with Crippen molar-refractivity contribution in [3.63, 3.8) is 0 Å². The summed E-state index contributed by atoms with van der Waals surface area (Å²) in [5, 5.41) is 22.8. The van der Waals surface area contributed by atoms with Gasteiger partial charge < -0.3 is 25.8 Å². The van der Waals surface area contributed by atoms with Gasteiger partial charge >= 0.3 is 0 Å². The zero-order chi connectivity index (χ0) is 39.9. The van der Waals surface area contributed by atoms with Crippen LogP contribution in [0.5, 0.6) is 11.5 Å². The van der Waals surface area contributed by atoms with Crippen molar-refractivity contribution < 1.29 is 43.4 Å². The Bertz CT molecular complexity index is 2250. The standard InChI is InChI=1S/C40H39ClN6O9/c1-2-8-30(48)45-34(26-20-27(41)24-12-7-18-43-35(24)36(26)51)22-9-5-10-23(19-22)37(52)44-17-4-3-16-42-32(50)21-56-29-13-6-11-25-33(29)40(55)47(39(25)54)28-14-15-31(49)46-38(28)53/h5-7,9-13,18-20,28,34,51H,2-4,8,14-17,21H2,1H3,(H,42,50)(H,44,52)(H,45,48)(H,46,49,53). The van der Waals surface area contributed by atoms with E-state index in [1.54, 1.807) is 42.5 Å². The molecule has 4 aromatic rings. The van der Waals surface area contributed by atoms with Gasteiger partial charge in [0.05, 0.1) is 22.2 Å². The first-order valence-corrected chi connectivity index (χ1v) is 18.5. The van der Waals surface area contributed by atoms with Gasteiger partial charge in [-0.15, -0.1) is 0 Å². The second kappa shape index (κ2) is 17.4. The second-order valence-electron chi connectivity index (χ2n) is 13.3. The molecule has 3 heterocycles. The number of amides is 7. The molecule has 0 spiro atoms. The van der Waals surface area contributed by atoms with Crippen LogP contribution in [0.1, 0.15) is 93.7 Å². The Labute approximate surface area is 326 Å². The number of hydrogen-bond donors (Lipinski definition) is 5. The summed E-state index contributed by atoms with van der Waals surface area (Å²) in [5.74, 6) is -3.81. The first-order chi connectivity index (χ1) is 27.0. The highest BCUT2D eigenvalue weighted by Crippen LogP contribution is 2.39. The molecule has 16 heteroatoms. The summed E-state index contributed by atoms with van der Waals surface area (Å²) < 4.78 is 5.62. The quantitative estimate of drug-likeness (QED) is 0.0871. The molecule has 3 aromatic carbocycles. The smallest absolute Gasteiger partial charge is 0.266 e. The number of phenolic OH excluding ortho intramolecular Hbond substituents is 1. The zero-order valence-electron chi connectivity index (χ0n) is 30.4. The van der Waals surface area contributed by atoms with Crippen molar-refractivity contribution >= 4 is 63.9 Å². The van der Waals surface area contributed by atoms with E-state index in [4.69, 9.17) is 16.3 Å². The number of nitrogens with zero attached hydrogens (tertiary/aromatic N) is 2. The Morgan fingerprint density at radius 3 is 2.52 bits per heavy atom. The molecule has 0 bridgehead atoms. The van der Waals surface area contributed by atoms with Crippen LogP contribution in [0.25, 0.3) is 10.9 Å². The molecule has 2 aliphatic heterocycles. The van der Waals surface area contributed by atoms with E-state index in [1.165, 1.54) is 24.4 Å². The van der Waals surface area contributed by atoms with E-state index in [-0.39, 0.29) is 65.8 Å². The number of halogens is 1. The summed E-state index contributed by atoms with van der Waals surface area (Å²) in [6.07, 6.45) is 3.45. The molecule has 5 N–H and O–H groups in total. The third kappa shape index (κ3) is 8.47. The molecule has 15 nitrogen and oxygen atoms in total. The van der Waals surface area contributed by atoms with E-state index in [0.717, 1.165) is 4.90 Å². The van der Waals surface area contributed by atoms with E-state index < -0.39 is 48.2 Å². The molecule has 0 radical (unpaired) electrons. The van der Waals surface area contributed by atoms with Crippen molar-refractivity contribution in [2.24, 2.45) is 0 Å². The predicted octanol–water partition coefficient (Wildman–Crippen LogP) is 3.71. The number of fused-ring (bicyclic) bond motifs is 2. The molecule has 2 aliphatic rings. The van der Waals surface area contributed by atoms with Gasteiger partial charge in [-0.3, -0.25) is 48.8 Å². The highest BCUT2D eigenvalue weighted by atomic mass is 35.5. The number of carbonyl (C=O) groups excluding carboxylic acids is 7. The highest BCUT2D eigenvalue weighted by molar-refractivity contribution is 6.35. The molecule has 0 aliphatic carbocycles. The van der Waals surface area contributed by atoms with Crippen molar-refractivity contribution in [1.29, 1.82) is 0 Å². The van der Waals surface area contributed by atoms with E-state index in [9.17, 15) is 38.7 Å². The summed E-state index contributed by atoms with van der Waals surface area (Å²) >= 11 is 6.56. The maximum Gasteiger partial charge on any atom is 0.266 e. The van der Waals surface area contributed by atoms with Gasteiger partial charge in [-0.05, 0) is 73.7 Å². The molecule has 290 valence electrons. The van der Waals surface area contributed by atoms with Crippen molar-refractivity contribution in [2.45, 2.75) is 57.5 Å². The normalized spacial score (nSPS) is 15.6. The number of hydrogen-bond acceptors (Lipinski definition) is 10. The number of imide groups is 2. The van der Waals surface area contributed by atoms with Gasteiger partial charge in [0.2, 0.25) is 17.7 Å². The van der Waals surface area contributed by atoms with Crippen LogP contribution in [0, 0.1) is 0 Å². The van der Waals surface area contributed by atoms with Gasteiger partial charge in [0.25, 0.3) is 23.6 Å². The van der Waals surface area contributed by atoms with E-state index in [0.29, 0.717) is 52.9 Å². The third-order valence-electron chi connectivity index (χ3n) is 9.42. The monoisotopic (exact) mass is 782 g/mol. The maximum atomic E-state index is 13.2. The van der Waals surface area contributed by atoms with Gasteiger partial charge in [0.15, 0.2) is 6.61 Å². The highest BCUT2D eigenvalue weighted by Gasteiger charge is 2.46. The van der Waals surface area contributed by atoms with Crippen molar-refractivity contribution in [1.82, 2.24) is 31.2 Å². The number of unbranched alkanes of at least 4 members (excludes halogenated alkanes) is 1. The lowest BCUT2D eigenvalue weighted by molar-refractivity contribution is -0.136. The first kappa shape index (κ1) is 39.3. The fourth-order valence-electron chi connectivity index (χ4n) is 6.67. The number of phenols is 1. The summed E-state index contributed by atoms with van der Waals surface area (Å²) in [5.41, 5.74) is 1.49. The number of aromatic hydroxyl groups is 1. The SMILES string of the molecule is CCCC(=O)NC(c1cccc(C(=O)NCCCCNC(=O)COc2cccc3c2C(=O)N(C2CCC(=O)NC2=O)C3=O)c1)c1cc(Cl)c2cccnc2c1O. The Balaban J connectivity index is 0.995. The van der Waals surface area contributed by atoms with Crippen LogP contribution in [-0.4, -0.2) is 82.1 Å². The van der Waals surface area contributed by atoms with Crippen LogP contribution >= 0.6 is 11.6 Å². The minimum atomic E-state index is -1.13. The molecule has 6 rings (SSSR count). The zero-order valence-corrected chi connectivity index (χ0v) is 31.1. The Hall–Kier alpha value is -6.35. The van der Waals surface area contributed by atoms with Gasteiger partial charge in [-0.2, -0.15) is 0 Å². The van der Waals surface area contributed by atoms with Crippen molar-refractivity contribution in [3.05, 3.63) is 99.7 Å². The molecule has 1 saturated heterocycles. The summed E-state index contributed by atoms with van der Waals surface area (Å²) in [6.45, 7) is 2.01. The number of rotatable bonds is 15. The lowest BCUT2D eigenvalue weighted by atomic mass is 9.94. The molecule has 0 saturated carbocycles. The lowest BCUT2D eigenvalue weighted by Crippen LogP contribution is -2.54. The van der Waals surface area contributed by atoms with Crippen LogP contribution in [0.3, 0.4) is 0 Å². The summed E-state index contributed by atoms with van der Waals surface area (Å²) in [4.78, 5) is 93.8. The lowest BCUT2D eigenvalue weighted by Gasteiger charge is -2.27.